The summed E-state index contributed by atoms with van der Waals surface area (Å²) in [7, 11) is 0. The number of carbonyl (C=O) groups is 1. The van der Waals surface area contributed by atoms with Gasteiger partial charge in [0.1, 0.15) is 0 Å². The van der Waals surface area contributed by atoms with E-state index in [9.17, 15) is 9.90 Å². The third-order valence-corrected chi connectivity index (χ3v) is 4.09. The first-order valence-electron chi connectivity index (χ1n) is 8.23. The molecule has 0 spiro atoms. The monoisotopic (exact) mass is 306 g/mol. The molecule has 0 radical (unpaired) electrons. The number of aliphatic hydroxyl groups excluding tert-OH is 1. The smallest absolute Gasteiger partial charge is 0.222 e. The van der Waals surface area contributed by atoms with E-state index < -0.39 is 6.10 Å². The van der Waals surface area contributed by atoms with E-state index in [1.165, 1.54) is 5.56 Å². The number of aliphatic hydroxyl groups is 1. The van der Waals surface area contributed by atoms with Crippen LogP contribution in [0.25, 0.3) is 0 Å². The summed E-state index contributed by atoms with van der Waals surface area (Å²) in [5, 5.41) is 12.8. The second-order valence-electron chi connectivity index (χ2n) is 5.97. The van der Waals surface area contributed by atoms with Crippen LogP contribution in [-0.2, 0) is 4.79 Å². The largest absolute Gasteiger partial charge is 0.392 e. The molecule has 1 rings (SSSR count). The lowest BCUT2D eigenvalue weighted by atomic mass is 10.0. The molecule has 1 aromatic carbocycles. The van der Waals surface area contributed by atoms with Gasteiger partial charge in [0.15, 0.2) is 0 Å². The number of rotatable bonds is 9. The molecule has 0 saturated heterocycles. The van der Waals surface area contributed by atoms with E-state index >= 15 is 0 Å². The number of nitrogens with zero attached hydrogens (tertiary/aromatic N) is 1. The van der Waals surface area contributed by atoms with Crippen molar-refractivity contribution < 1.29 is 9.90 Å². The van der Waals surface area contributed by atoms with Gasteiger partial charge in [0.05, 0.1) is 18.6 Å². The van der Waals surface area contributed by atoms with Crippen LogP contribution in [-0.4, -0.2) is 41.7 Å². The first kappa shape index (κ1) is 18.7. The molecule has 0 unspecified atom stereocenters. The fourth-order valence-electron chi connectivity index (χ4n) is 2.51. The van der Waals surface area contributed by atoms with Crippen molar-refractivity contribution in [2.24, 2.45) is 5.92 Å². The van der Waals surface area contributed by atoms with E-state index in [0.717, 1.165) is 13.1 Å². The highest BCUT2D eigenvalue weighted by molar-refractivity contribution is 5.76. The number of amides is 1. The Morgan fingerprint density at radius 3 is 2.27 bits per heavy atom. The molecule has 4 heteroatoms. The molecular weight excluding hydrogens is 276 g/mol. The van der Waals surface area contributed by atoms with E-state index in [4.69, 9.17) is 0 Å². The average Bonchev–Trinajstić information content (AvgIpc) is 2.52. The topological polar surface area (TPSA) is 52.6 Å². The Labute approximate surface area is 134 Å². The average molecular weight is 306 g/mol. The highest BCUT2D eigenvalue weighted by atomic mass is 16.3. The van der Waals surface area contributed by atoms with Crippen LogP contribution in [0.3, 0.4) is 0 Å². The highest BCUT2D eigenvalue weighted by Crippen LogP contribution is 2.19. The second-order valence-corrected chi connectivity index (χ2v) is 5.97. The Balaban J connectivity index is 2.68. The molecule has 0 heterocycles. The fourth-order valence-corrected chi connectivity index (χ4v) is 2.51. The van der Waals surface area contributed by atoms with Crippen LogP contribution in [0.5, 0.6) is 0 Å². The maximum Gasteiger partial charge on any atom is 0.222 e. The van der Waals surface area contributed by atoms with Gasteiger partial charge in [0, 0.05) is 6.54 Å². The minimum Gasteiger partial charge on any atom is -0.392 e. The third kappa shape index (κ3) is 5.78. The summed E-state index contributed by atoms with van der Waals surface area (Å²) in [6.07, 6.45) is -0.416. The summed E-state index contributed by atoms with van der Waals surface area (Å²) < 4.78 is 0. The molecule has 0 bridgehead atoms. The lowest BCUT2D eigenvalue weighted by Crippen LogP contribution is -2.39. The van der Waals surface area contributed by atoms with Crippen molar-refractivity contribution in [2.45, 2.75) is 46.3 Å². The molecule has 1 amide bonds. The maximum atomic E-state index is 12.0. The molecule has 0 fully saturated rings. The molecular formula is C18H30N2O2. The van der Waals surface area contributed by atoms with E-state index in [1.54, 1.807) is 0 Å². The predicted molar refractivity (Wildman–Crippen MR) is 90.6 cm³/mol. The number of likely N-dealkylation sites (N-methyl/N-ethyl adjacent to an activating group) is 1. The molecule has 22 heavy (non-hydrogen) atoms. The molecule has 124 valence electrons. The van der Waals surface area contributed by atoms with Crippen molar-refractivity contribution in [1.29, 1.82) is 0 Å². The SMILES string of the molecule is CCN(CC)[C@H](CNC(=O)C[C@@H](O)C(C)C)c1ccccc1. The van der Waals surface area contributed by atoms with Crippen LogP contribution < -0.4 is 5.32 Å². The lowest BCUT2D eigenvalue weighted by molar-refractivity contribution is -0.123. The fraction of sp³-hybridized carbons (Fsp3) is 0.611. The molecule has 0 aliphatic carbocycles. The number of nitrogens with one attached hydrogen (secondary N) is 1. The summed E-state index contributed by atoms with van der Waals surface area (Å²) in [4.78, 5) is 14.3. The summed E-state index contributed by atoms with van der Waals surface area (Å²) in [5.74, 6) is 0.00717. The van der Waals surface area contributed by atoms with Crippen LogP contribution in [0, 0.1) is 5.92 Å². The van der Waals surface area contributed by atoms with Crippen LogP contribution in [0.2, 0.25) is 0 Å². The van der Waals surface area contributed by atoms with Crippen molar-refractivity contribution in [3.8, 4) is 0 Å². The maximum absolute atomic E-state index is 12.0. The Bertz CT molecular complexity index is 430. The predicted octanol–water partition coefficient (Wildman–Crippen LogP) is 2.59. The Morgan fingerprint density at radius 1 is 1.18 bits per heavy atom. The molecule has 0 aliphatic rings. The number of carbonyl (C=O) groups excluding carboxylic acids is 1. The van der Waals surface area contributed by atoms with Gasteiger partial charge < -0.3 is 10.4 Å². The minimum atomic E-state index is -0.580. The molecule has 0 aliphatic heterocycles. The highest BCUT2D eigenvalue weighted by Gasteiger charge is 2.20. The third-order valence-electron chi connectivity index (χ3n) is 4.09. The summed E-state index contributed by atoms with van der Waals surface area (Å²) >= 11 is 0. The van der Waals surface area contributed by atoms with Gasteiger partial charge in [-0.2, -0.15) is 0 Å². The zero-order chi connectivity index (χ0) is 16.5. The Morgan fingerprint density at radius 2 is 1.77 bits per heavy atom. The Kier molecular flexibility index (Phi) is 8.13. The summed E-state index contributed by atoms with van der Waals surface area (Å²) in [5.41, 5.74) is 1.20. The van der Waals surface area contributed by atoms with Crippen LogP contribution in [0.1, 0.15) is 45.7 Å². The summed E-state index contributed by atoms with van der Waals surface area (Å²) in [6.45, 7) is 10.5. The van der Waals surface area contributed by atoms with Gasteiger partial charge >= 0.3 is 0 Å². The van der Waals surface area contributed by atoms with Crippen LogP contribution >= 0.6 is 0 Å². The van der Waals surface area contributed by atoms with Crippen molar-refractivity contribution in [3.63, 3.8) is 0 Å². The number of benzene rings is 1. The number of hydrogen-bond acceptors (Lipinski definition) is 3. The first-order valence-corrected chi connectivity index (χ1v) is 8.23. The van der Waals surface area contributed by atoms with E-state index in [2.05, 4.69) is 36.2 Å². The van der Waals surface area contributed by atoms with Gasteiger partial charge in [-0.25, -0.2) is 0 Å². The molecule has 4 nitrogen and oxygen atoms in total. The molecule has 1 aromatic rings. The summed E-state index contributed by atoms with van der Waals surface area (Å²) in [6, 6.07) is 10.4. The number of hydrogen-bond donors (Lipinski definition) is 2. The normalized spacial score (nSPS) is 14.1. The van der Waals surface area contributed by atoms with E-state index in [-0.39, 0.29) is 24.3 Å². The molecule has 0 aromatic heterocycles. The zero-order valence-corrected chi connectivity index (χ0v) is 14.2. The second kappa shape index (κ2) is 9.59. The van der Waals surface area contributed by atoms with Crippen molar-refractivity contribution >= 4 is 5.91 Å². The lowest BCUT2D eigenvalue weighted by Gasteiger charge is -2.30. The molecule has 2 N–H and O–H groups in total. The van der Waals surface area contributed by atoms with Gasteiger partial charge in [0.2, 0.25) is 5.91 Å². The van der Waals surface area contributed by atoms with Gasteiger partial charge in [-0.05, 0) is 24.6 Å². The van der Waals surface area contributed by atoms with E-state index in [1.807, 2.05) is 32.0 Å². The van der Waals surface area contributed by atoms with Gasteiger partial charge in [-0.15, -0.1) is 0 Å². The van der Waals surface area contributed by atoms with E-state index in [0.29, 0.717) is 6.54 Å². The first-order chi connectivity index (χ1) is 10.5. The van der Waals surface area contributed by atoms with Gasteiger partial charge in [-0.1, -0.05) is 58.0 Å². The molecule has 0 saturated carbocycles. The molecule has 2 atom stereocenters. The van der Waals surface area contributed by atoms with Crippen LogP contribution in [0.4, 0.5) is 0 Å². The Hall–Kier alpha value is -1.39. The van der Waals surface area contributed by atoms with Gasteiger partial charge in [-0.3, -0.25) is 9.69 Å². The standard InChI is InChI=1S/C18H30N2O2/c1-5-20(6-2)16(15-10-8-7-9-11-15)13-19-18(22)12-17(21)14(3)4/h7-11,14,16-17,21H,5-6,12-13H2,1-4H3,(H,19,22)/t16-,17-/m1/s1. The van der Waals surface area contributed by atoms with Crippen molar-refractivity contribution in [2.75, 3.05) is 19.6 Å². The minimum absolute atomic E-state index is 0.0886. The quantitative estimate of drug-likeness (QED) is 0.737. The van der Waals surface area contributed by atoms with Crippen LogP contribution in [0.15, 0.2) is 30.3 Å². The van der Waals surface area contributed by atoms with Gasteiger partial charge in [0.25, 0.3) is 0 Å². The van der Waals surface area contributed by atoms with Crippen molar-refractivity contribution in [3.05, 3.63) is 35.9 Å². The van der Waals surface area contributed by atoms with Crippen molar-refractivity contribution in [1.82, 2.24) is 10.2 Å². The zero-order valence-electron chi connectivity index (χ0n) is 14.2.